The molecule has 0 saturated carbocycles. The number of nitriles is 1. The van der Waals surface area contributed by atoms with Crippen molar-refractivity contribution in [2.75, 3.05) is 18.4 Å². The lowest BCUT2D eigenvalue weighted by Crippen LogP contribution is -2.18. The molecule has 0 atom stereocenters. The minimum atomic E-state index is -0.402. The maximum absolute atomic E-state index is 10.7. The van der Waals surface area contributed by atoms with Crippen LogP contribution in [0.2, 0.25) is 0 Å². The molecule has 0 amide bonds. The van der Waals surface area contributed by atoms with Gasteiger partial charge in [0.05, 0.1) is 16.0 Å². The zero-order valence-electron chi connectivity index (χ0n) is 15.6. The quantitative estimate of drug-likeness (QED) is 0.351. The fraction of sp³-hybridized carbons (Fsp3) is 0.238. The van der Waals surface area contributed by atoms with Gasteiger partial charge in [-0.05, 0) is 43.7 Å². The molecule has 1 heterocycles. The number of anilines is 1. The summed E-state index contributed by atoms with van der Waals surface area (Å²) >= 11 is 0. The van der Waals surface area contributed by atoms with Crippen LogP contribution in [-0.2, 0) is 6.54 Å². The van der Waals surface area contributed by atoms with Crippen LogP contribution in [0.3, 0.4) is 0 Å². The lowest BCUT2D eigenvalue weighted by atomic mass is 10.1. The Labute approximate surface area is 163 Å². The number of nitrogens with zero attached hydrogens (tertiary/aromatic N) is 3. The molecule has 3 aromatic rings. The van der Waals surface area contributed by atoms with Crippen LogP contribution in [0.25, 0.3) is 10.9 Å². The van der Waals surface area contributed by atoms with Crippen molar-refractivity contribution in [1.29, 1.82) is 5.26 Å². The van der Waals surface area contributed by atoms with Crippen LogP contribution in [-0.4, -0.2) is 23.0 Å². The van der Waals surface area contributed by atoms with Gasteiger partial charge in [-0.1, -0.05) is 23.8 Å². The molecule has 0 aliphatic rings. The van der Waals surface area contributed by atoms with Crippen molar-refractivity contribution in [3.8, 4) is 6.07 Å². The monoisotopic (exact) mass is 375 g/mol. The smallest absolute Gasteiger partial charge is 0.269 e. The molecule has 3 rings (SSSR count). The van der Waals surface area contributed by atoms with Crippen LogP contribution in [0, 0.1) is 28.4 Å². The largest absolute Gasteiger partial charge is 0.369 e. The van der Waals surface area contributed by atoms with Gasteiger partial charge in [0.25, 0.3) is 5.69 Å². The van der Waals surface area contributed by atoms with E-state index in [0.717, 1.165) is 35.0 Å². The number of pyridine rings is 1. The van der Waals surface area contributed by atoms with E-state index in [4.69, 9.17) is 0 Å². The van der Waals surface area contributed by atoms with Crippen molar-refractivity contribution in [3.05, 3.63) is 75.3 Å². The molecular weight excluding hydrogens is 354 g/mol. The highest BCUT2D eigenvalue weighted by Gasteiger charge is 2.07. The maximum atomic E-state index is 10.7. The molecule has 2 N–H and O–H groups in total. The number of nitrogens with one attached hydrogen (secondary N) is 2. The second-order valence-electron chi connectivity index (χ2n) is 6.57. The highest BCUT2D eigenvalue weighted by atomic mass is 16.6. The summed E-state index contributed by atoms with van der Waals surface area (Å²) in [7, 11) is 0. The topological polar surface area (TPSA) is 104 Å². The molecule has 0 aliphatic carbocycles. The van der Waals surface area contributed by atoms with Gasteiger partial charge in [0.15, 0.2) is 0 Å². The van der Waals surface area contributed by atoms with E-state index in [-0.39, 0.29) is 5.69 Å². The highest BCUT2D eigenvalue weighted by molar-refractivity contribution is 5.83. The summed E-state index contributed by atoms with van der Waals surface area (Å²) in [5, 5.41) is 27.5. The first kappa shape index (κ1) is 19.3. The number of non-ortho nitro benzene ring substituents is 1. The number of rotatable bonds is 8. The van der Waals surface area contributed by atoms with Crippen LogP contribution in [0.15, 0.2) is 48.5 Å². The molecule has 0 bridgehead atoms. The van der Waals surface area contributed by atoms with E-state index < -0.39 is 4.92 Å². The normalized spacial score (nSPS) is 10.6. The van der Waals surface area contributed by atoms with Crippen LogP contribution >= 0.6 is 0 Å². The van der Waals surface area contributed by atoms with Gasteiger partial charge >= 0.3 is 0 Å². The van der Waals surface area contributed by atoms with Gasteiger partial charge in [0.1, 0.15) is 11.9 Å². The third kappa shape index (κ3) is 4.81. The van der Waals surface area contributed by atoms with Crippen molar-refractivity contribution in [2.45, 2.75) is 19.9 Å². The van der Waals surface area contributed by atoms with E-state index in [9.17, 15) is 15.4 Å². The Balaban J connectivity index is 1.48. The fourth-order valence-corrected chi connectivity index (χ4v) is 2.90. The molecule has 142 valence electrons. The molecule has 0 radical (unpaired) electrons. The van der Waals surface area contributed by atoms with E-state index >= 15 is 0 Å². The summed E-state index contributed by atoms with van der Waals surface area (Å²) < 4.78 is 0. The number of aromatic nitrogens is 1. The van der Waals surface area contributed by atoms with Crippen molar-refractivity contribution in [1.82, 2.24) is 10.3 Å². The Morgan fingerprint density at radius 1 is 1.14 bits per heavy atom. The van der Waals surface area contributed by atoms with Gasteiger partial charge in [-0.2, -0.15) is 5.26 Å². The summed E-state index contributed by atoms with van der Waals surface area (Å²) in [6.45, 7) is 4.13. The van der Waals surface area contributed by atoms with E-state index in [2.05, 4.69) is 21.7 Å². The van der Waals surface area contributed by atoms with E-state index in [1.807, 2.05) is 31.2 Å². The average molecular weight is 375 g/mol. The predicted octanol–water partition coefficient (Wildman–Crippen LogP) is 3.91. The zero-order chi connectivity index (χ0) is 19.9. The highest BCUT2D eigenvalue weighted by Crippen LogP contribution is 2.21. The standard InChI is InChI=1S/C21H21N5O2/c1-15-3-8-20-17(11-15)12-18(13-22)21(25-20)24-10-2-9-23-14-16-4-6-19(7-5-16)26(27)28/h3-8,11-12,23H,2,9-10,14H2,1H3,(H,24,25). The first-order chi connectivity index (χ1) is 13.6. The van der Waals surface area contributed by atoms with Crippen molar-refractivity contribution in [2.24, 2.45) is 0 Å². The molecular formula is C21H21N5O2. The zero-order valence-corrected chi connectivity index (χ0v) is 15.6. The summed E-state index contributed by atoms with van der Waals surface area (Å²) in [6.07, 6.45) is 0.853. The number of hydrogen-bond acceptors (Lipinski definition) is 6. The summed E-state index contributed by atoms with van der Waals surface area (Å²) in [4.78, 5) is 14.8. The number of aryl methyl sites for hydroxylation is 1. The van der Waals surface area contributed by atoms with Gasteiger partial charge in [-0.25, -0.2) is 4.98 Å². The SMILES string of the molecule is Cc1ccc2nc(NCCCNCc3ccc([N+](=O)[O-])cc3)c(C#N)cc2c1. The molecule has 0 fully saturated rings. The van der Waals surface area contributed by atoms with E-state index in [1.165, 1.54) is 12.1 Å². The first-order valence-corrected chi connectivity index (χ1v) is 9.06. The Hall–Kier alpha value is -3.50. The third-order valence-electron chi connectivity index (χ3n) is 4.39. The van der Waals surface area contributed by atoms with Gasteiger partial charge in [0.2, 0.25) is 0 Å². The third-order valence-corrected chi connectivity index (χ3v) is 4.39. The second kappa shape index (κ2) is 8.93. The minimum absolute atomic E-state index is 0.0966. The molecule has 7 nitrogen and oxygen atoms in total. The maximum Gasteiger partial charge on any atom is 0.269 e. The van der Waals surface area contributed by atoms with Gasteiger partial charge in [0, 0.05) is 30.6 Å². The Morgan fingerprint density at radius 2 is 1.93 bits per heavy atom. The molecule has 0 saturated heterocycles. The Morgan fingerprint density at radius 3 is 2.64 bits per heavy atom. The van der Waals surface area contributed by atoms with Crippen LogP contribution in [0.5, 0.6) is 0 Å². The van der Waals surface area contributed by atoms with Crippen LogP contribution < -0.4 is 10.6 Å². The average Bonchev–Trinajstić information content (AvgIpc) is 2.70. The summed E-state index contributed by atoms with van der Waals surface area (Å²) in [5.41, 5.74) is 3.63. The first-order valence-electron chi connectivity index (χ1n) is 9.06. The number of nitro groups is 1. The molecule has 0 aliphatic heterocycles. The van der Waals surface area contributed by atoms with Crippen molar-refractivity contribution < 1.29 is 4.92 Å². The Bertz CT molecular complexity index is 1030. The molecule has 7 heteroatoms. The lowest BCUT2D eigenvalue weighted by molar-refractivity contribution is -0.384. The molecule has 0 spiro atoms. The number of fused-ring (bicyclic) bond motifs is 1. The minimum Gasteiger partial charge on any atom is -0.369 e. The van der Waals surface area contributed by atoms with Crippen molar-refractivity contribution in [3.63, 3.8) is 0 Å². The number of benzene rings is 2. The Kier molecular flexibility index (Phi) is 6.14. The molecule has 0 unspecified atom stereocenters. The molecule has 2 aromatic carbocycles. The lowest BCUT2D eigenvalue weighted by Gasteiger charge is -2.10. The fourth-order valence-electron chi connectivity index (χ4n) is 2.90. The van der Waals surface area contributed by atoms with Gasteiger partial charge in [-0.3, -0.25) is 10.1 Å². The van der Waals surface area contributed by atoms with Gasteiger partial charge < -0.3 is 10.6 Å². The van der Waals surface area contributed by atoms with Crippen LogP contribution in [0.4, 0.5) is 11.5 Å². The predicted molar refractivity (Wildman–Crippen MR) is 109 cm³/mol. The van der Waals surface area contributed by atoms with Crippen molar-refractivity contribution >= 4 is 22.4 Å². The second-order valence-corrected chi connectivity index (χ2v) is 6.57. The summed E-state index contributed by atoms with van der Waals surface area (Å²) in [6, 6.07) is 16.6. The van der Waals surface area contributed by atoms with E-state index in [0.29, 0.717) is 24.5 Å². The number of hydrogen-bond donors (Lipinski definition) is 2. The molecule has 28 heavy (non-hydrogen) atoms. The number of nitro benzene ring substituents is 1. The summed E-state index contributed by atoms with van der Waals surface area (Å²) in [5.74, 6) is 0.606. The van der Waals surface area contributed by atoms with Gasteiger partial charge in [-0.15, -0.1) is 0 Å². The molecule has 1 aromatic heterocycles. The van der Waals surface area contributed by atoms with E-state index in [1.54, 1.807) is 12.1 Å². The van der Waals surface area contributed by atoms with Crippen LogP contribution in [0.1, 0.15) is 23.1 Å².